The summed E-state index contributed by atoms with van der Waals surface area (Å²) in [6, 6.07) is 6.56. The number of hydrogen-bond donors (Lipinski definition) is 2. The molecule has 0 unspecified atom stereocenters. The van der Waals surface area contributed by atoms with E-state index >= 15 is 0 Å². The van der Waals surface area contributed by atoms with E-state index in [0.29, 0.717) is 5.56 Å². The first kappa shape index (κ1) is 16.7. The highest BCUT2D eigenvalue weighted by atomic mass is 127. The summed E-state index contributed by atoms with van der Waals surface area (Å²) in [6.45, 7) is 1.51. The molecule has 0 saturated carbocycles. The number of benzene rings is 1. The van der Waals surface area contributed by atoms with Gasteiger partial charge in [0.15, 0.2) is 0 Å². The summed E-state index contributed by atoms with van der Waals surface area (Å²) < 4.78 is 1.02. The molecule has 4 nitrogen and oxygen atoms in total. The number of nitrogens with two attached hydrogens (primary N) is 1. The van der Waals surface area contributed by atoms with Gasteiger partial charge in [-0.25, -0.2) is 0 Å². The highest BCUT2D eigenvalue weighted by Gasteiger charge is 2.29. The van der Waals surface area contributed by atoms with Crippen LogP contribution < -0.4 is 5.73 Å². The van der Waals surface area contributed by atoms with Crippen LogP contribution in [0.15, 0.2) is 24.3 Å². The van der Waals surface area contributed by atoms with Crippen LogP contribution in [-0.4, -0.2) is 35.0 Å². The molecule has 3 N–H and O–H groups in total. The van der Waals surface area contributed by atoms with Crippen molar-refractivity contribution >= 4 is 40.9 Å². The van der Waals surface area contributed by atoms with Gasteiger partial charge in [-0.15, -0.1) is 12.4 Å². The lowest BCUT2D eigenvalue weighted by atomic mass is 10.0. The van der Waals surface area contributed by atoms with Gasteiger partial charge in [0, 0.05) is 16.7 Å². The molecule has 106 valence electrons. The van der Waals surface area contributed by atoms with Crippen LogP contribution in [0, 0.1) is 3.57 Å². The number of aliphatic hydroxyl groups excluding tert-OH is 1. The zero-order chi connectivity index (χ0) is 13.1. The first-order valence-electron chi connectivity index (χ1n) is 6.07. The Bertz CT molecular complexity index is 438. The molecule has 1 aromatic carbocycles. The lowest BCUT2D eigenvalue weighted by Crippen LogP contribution is -2.45. The fraction of sp³-hybridized carbons (Fsp3) is 0.462. The molecule has 0 spiro atoms. The van der Waals surface area contributed by atoms with Gasteiger partial charge >= 0.3 is 0 Å². The normalized spacial score (nSPS) is 17.7. The highest BCUT2D eigenvalue weighted by Crippen LogP contribution is 2.20. The number of rotatable bonds is 3. The van der Waals surface area contributed by atoms with Crippen molar-refractivity contribution in [1.29, 1.82) is 0 Å². The summed E-state index contributed by atoms with van der Waals surface area (Å²) in [7, 11) is 0. The summed E-state index contributed by atoms with van der Waals surface area (Å²) in [5.74, 6) is -0.154. The number of aliphatic hydroxyl groups is 1. The van der Waals surface area contributed by atoms with Crippen molar-refractivity contribution < 1.29 is 9.90 Å². The predicted octanol–water partition coefficient (Wildman–Crippen LogP) is 1.70. The average molecular weight is 397 g/mol. The van der Waals surface area contributed by atoms with Crippen molar-refractivity contribution in [1.82, 2.24) is 4.90 Å². The number of halogens is 2. The second-order valence-electron chi connectivity index (χ2n) is 4.56. The zero-order valence-electron chi connectivity index (χ0n) is 10.5. The Kier molecular flexibility index (Phi) is 6.52. The van der Waals surface area contributed by atoms with Crippen LogP contribution >= 0.6 is 35.0 Å². The Balaban J connectivity index is 0.00000180. The summed E-state index contributed by atoms with van der Waals surface area (Å²) in [4.78, 5) is 13.8. The van der Waals surface area contributed by atoms with E-state index in [1.807, 2.05) is 18.2 Å². The number of carbonyl (C=O) groups excluding carboxylic acids is 1. The van der Waals surface area contributed by atoms with E-state index < -0.39 is 12.1 Å². The van der Waals surface area contributed by atoms with Gasteiger partial charge in [0.2, 0.25) is 5.91 Å². The van der Waals surface area contributed by atoms with Crippen LogP contribution in [0.2, 0.25) is 0 Å². The lowest BCUT2D eigenvalue weighted by Gasteiger charge is -2.24. The van der Waals surface area contributed by atoms with Gasteiger partial charge in [0.05, 0.1) is 0 Å². The summed E-state index contributed by atoms with van der Waals surface area (Å²) in [6.07, 6.45) is 1.11. The van der Waals surface area contributed by atoms with Crippen LogP contribution in [0.5, 0.6) is 0 Å². The predicted molar refractivity (Wildman–Crippen MR) is 85.2 cm³/mol. The molecule has 2 atom stereocenters. The zero-order valence-corrected chi connectivity index (χ0v) is 13.4. The first-order chi connectivity index (χ1) is 8.59. The Labute approximate surface area is 132 Å². The smallest absolute Gasteiger partial charge is 0.242 e. The standard InChI is InChI=1S/C13H17IN2O2.ClH/c14-10-5-3-4-9(8-10)12(17)11(15)13(18)16-6-1-2-7-16;/h3-5,8,11-12,17H,1-2,6-7,15H2;1H/t11-,12+;/m1./s1. The summed E-state index contributed by atoms with van der Waals surface area (Å²) in [5.41, 5.74) is 6.58. The maximum absolute atomic E-state index is 12.1. The minimum absolute atomic E-state index is 0. The molecule has 0 aromatic heterocycles. The molecule has 1 aliphatic heterocycles. The quantitative estimate of drug-likeness (QED) is 0.764. The third-order valence-corrected chi connectivity index (χ3v) is 3.90. The van der Waals surface area contributed by atoms with Gasteiger partial charge in [0.25, 0.3) is 0 Å². The number of nitrogens with zero attached hydrogens (tertiary/aromatic N) is 1. The van der Waals surface area contributed by atoms with E-state index in [0.717, 1.165) is 29.5 Å². The van der Waals surface area contributed by atoms with Crippen molar-refractivity contribution in [3.63, 3.8) is 0 Å². The Morgan fingerprint density at radius 1 is 1.37 bits per heavy atom. The van der Waals surface area contributed by atoms with E-state index in [-0.39, 0.29) is 18.3 Å². The number of carbonyl (C=O) groups is 1. The molecular formula is C13H18ClIN2O2. The maximum Gasteiger partial charge on any atom is 0.242 e. The van der Waals surface area contributed by atoms with E-state index in [2.05, 4.69) is 22.6 Å². The summed E-state index contributed by atoms with van der Waals surface area (Å²) in [5, 5.41) is 10.2. The van der Waals surface area contributed by atoms with Crippen molar-refractivity contribution in [3.05, 3.63) is 33.4 Å². The minimum Gasteiger partial charge on any atom is -0.386 e. The third kappa shape index (κ3) is 4.05. The Hall–Kier alpha value is -0.370. The highest BCUT2D eigenvalue weighted by molar-refractivity contribution is 14.1. The molecule has 0 bridgehead atoms. The van der Waals surface area contributed by atoms with Gasteiger partial charge in [-0.2, -0.15) is 0 Å². The molecule has 0 radical (unpaired) electrons. The number of likely N-dealkylation sites (tertiary alicyclic amines) is 1. The molecule has 1 aromatic rings. The number of amides is 1. The average Bonchev–Trinajstić information content (AvgIpc) is 2.90. The molecule has 1 amide bonds. The number of hydrogen-bond acceptors (Lipinski definition) is 3. The van der Waals surface area contributed by atoms with Crippen LogP contribution in [0.25, 0.3) is 0 Å². The van der Waals surface area contributed by atoms with Crippen LogP contribution in [0.4, 0.5) is 0 Å². The van der Waals surface area contributed by atoms with Gasteiger partial charge < -0.3 is 15.7 Å². The van der Waals surface area contributed by atoms with Crippen LogP contribution in [0.3, 0.4) is 0 Å². The topological polar surface area (TPSA) is 66.6 Å². The van der Waals surface area contributed by atoms with E-state index in [9.17, 15) is 9.90 Å². The third-order valence-electron chi connectivity index (χ3n) is 3.23. The van der Waals surface area contributed by atoms with Crippen molar-refractivity contribution in [3.8, 4) is 0 Å². The molecule has 6 heteroatoms. The molecule has 1 aliphatic rings. The SMILES string of the molecule is Cl.N[C@@H](C(=O)N1CCCC1)[C@@H](O)c1cccc(I)c1. The van der Waals surface area contributed by atoms with Crippen molar-refractivity contribution in [2.75, 3.05) is 13.1 Å². The van der Waals surface area contributed by atoms with Gasteiger partial charge in [0.1, 0.15) is 12.1 Å². The molecule has 2 rings (SSSR count). The van der Waals surface area contributed by atoms with E-state index in [4.69, 9.17) is 5.73 Å². The molecular weight excluding hydrogens is 379 g/mol. The monoisotopic (exact) mass is 396 g/mol. The fourth-order valence-corrected chi connectivity index (χ4v) is 2.75. The van der Waals surface area contributed by atoms with Crippen LogP contribution in [0.1, 0.15) is 24.5 Å². The largest absolute Gasteiger partial charge is 0.386 e. The Morgan fingerprint density at radius 2 is 2.00 bits per heavy atom. The molecule has 19 heavy (non-hydrogen) atoms. The minimum atomic E-state index is -0.937. The molecule has 1 fully saturated rings. The van der Waals surface area contributed by atoms with E-state index in [1.165, 1.54) is 0 Å². The first-order valence-corrected chi connectivity index (χ1v) is 7.15. The second-order valence-corrected chi connectivity index (χ2v) is 5.80. The molecule has 0 aliphatic carbocycles. The summed E-state index contributed by atoms with van der Waals surface area (Å²) >= 11 is 2.17. The second kappa shape index (κ2) is 7.42. The molecule has 1 saturated heterocycles. The molecule has 1 heterocycles. The van der Waals surface area contributed by atoms with Gasteiger partial charge in [-0.05, 0) is 53.1 Å². The fourth-order valence-electron chi connectivity index (χ4n) is 2.18. The maximum atomic E-state index is 12.1. The van der Waals surface area contributed by atoms with Gasteiger partial charge in [-0.3, -0.25) is 4.79 Å². The Morgan fingerprint density at radius 3 is 2.58 bits per heavy atom. The lowest BCUT2D eigenvalue weighted by molar-refractivity contribution is -0.134. The van der Waals surface area contributed by atoms with Crippen LogP contribution in [-0.2, 0) is 4.79 Å². The van der Waals surface area contributed by atoms with Gasteiger partial charge in [-0.1, -0.05) is 12.1 Å². The van der Waals surface area contributed by atoms with Crippen molar-refractivity contribution in [2.45, 2.75) is 25.0 Å². The van der Waals surface area contributed by atoms with E-state index in [1.54, 1.807) is 11.0 Å². The van der Waals surface area contributed by atoms with Crippen molar-refractivity contribution in [2.24, 2.45) is 5.73 Å².